The van der Waals surface area contributed by atoms with Crippen molar-refractivity contribution in [2.24, 2.45) is 5.41 Å². The van der Waals surface area contributed by atoms with Crippen molar-refractivity contribution in [2.75, 3.05) is 11.5 Å². The van der Waals surface area contributed by atoms with Crippen LogP contribution in [0.1, 0.15) is 31.7 Å². The van der Waals surface area contributed by atoms with E-state index in [0.717, 1.165) is 17.8 Å². The number of nitrogens with zero attached hydrogens (tertiary/aromatic N) is 2. The number of hydrogen-bond acceptors (Lipinski definition) is 4. The van der Waals surface area contributed by atoms with Crippen molar-refractivity contribution in [3.63, 3.8) is 0 Å². The Hall–Kier alpha value is -1.37. The van der Waals surface area contributed by atoms with Gasteiger partial charge in [0.15, 0.2) is 9.84 Å². The second-order valence-electron chi connectivity index (χ2n) is 5.40. The van der Waals surface area contributed by atoms with Crippen LogP contribution in [0.4, 0.5) is 0 Å². The van der Waals surface area contributed by atoms with Crippen LogP contribution in [0.5, 0.6) is 0 Å². The van der Waals surface area contributed by atoms with Gasteiger partial charge < -0.3 is 5.11 Å². The van der Waals surface area contributed by atoms with Crippen LogP contribution in [-0.4, -0.2) is 40.8 Å². The number of aryl methyl sites for hydroxylation is 2. The molecule has 0 saturated carbocycles. The number of sulfone groups is 1. The Morgan fingerprint density at radius 3 is 2.65 bits per heavy atom. The lowest BCUT2D eigenvalue weighted by atomic mass is 9.83. The van der Waals surface area contributed by atoms with E-state index in [4.69, 9.17) is 0 Å². The van der Waals surface area contributed by atoms with Crippen molar-refractivity contribution in [1.29, 1.82) is 0 Å². The second kappa shape index (κ2) is 5.20. The Labute approximate surface area is 118 Å². The van der Waals surface area contributed by atoms with Gasteiger partial charge in [0.2, 0.25) is 0 Å². The molecule has 0 bridgehead atoms. The highest BCUT2D eigenvalue weighted by atomic mass is 32.2. The topological polar surface area (TPSA) is 89.3 Å². The molecule has 112 valence electrons. The first-order valence-electron chi connectivity index (χ1n) is 6.81. The zero-order valence-electron chi connectivity index (χ0n) is 11.8. The molecule has 1 aromatic heterocycles. The zero-order chi connectivity index (χ0) is 15.0. The summed E-state index contributed by atoms with van der Waals surface area (Å²) in [5.41, 5.74) is 0.517. The summed E-state index contributed by atoms with van der Waals surface area (Å²) in [5, 5.41) is 13.9. The smallest absolute Gasteiger partial charge is 0.311 e. The van der Waals surface area contributed by atoms with Crippen LogP contribution in [0.3, 0.4) is 0 Å². The Bertz CT molecular complexity index is 620. The summed E-state index contributed by atoms with van der Waals surface area (Å²) in [5.74, 6) is -1.34. The highest BCUT2D eigenvalue weighted by Gasteiger charge is 2.48. The van der Waals surface area contributed by atoms with Gasteiger partial charge in [0, 0.05) is 18.7 Å². The third-order valence-corrected chi connectivity index (χ3v) is 5.76. The maximum Gasteiger partial charge on any atom is 0.311 e. The molecule has 1 unspecified atom stereocenters. The summed E-state index contributed by atoms with van der Waals surface area (Å²) in [6, 6.07) is 1.89. The molecule has 0 aliphatic carbocycles. The number of carboxylic acids is 1. The van der Waals surface area contributed by atoms with Crippen LogP contribution in [0, 0.1) is 5.41 Å². The molecule has 0 amide bonds. The minimum absolute atomic E-state index is 0.0415. The molecule has 1 N–H and O–H groups in total. The highest BCUT2D eigenvalue weighted by molar-refractivity contribution is 7.91. The van der Waals surface area contributed by atoms with Crippen molar-refractivity contribution < 1.29 is 18.3 Å². The van der Waals surface area contributed by atoms with E-state index >= 15 is 0 Å². The van der Waals surface area contributed by atoms with Gasteiger partial charge in [-0.05, 0) is 25.8 Å². The minimum Gasteiger partial charge on any atom is -0.481 e. The third kappa shape index (κ3) is 2.72. The van der Waals surface area contributed by atoms with Crippen molar-refractivity contribution in [1.82, 2.24) is 9.78 Å². The van der Waals surface area contributed by atoms with Gasteiger partial charge in [-0.1, -0.05) is 6.92 Å². The highest BCUT2D eigenvalue weighted by Crippen LogP contribution is 2.36. The minimum atomic E-state index is -3.25. The summed E-state index contributed by atoms with van der Waals surface area (Å²) in [6.45, 7) is 4.58. The van der Waals surface area contributed by atoms with Gasteiger partial charge in [-0.2, -0.15) is 5.10 Å². The maximum absolute atomic E-state index is 11.7. The number of aromatic nitrogens is 2. The molecule has 2 heterocycles. The number of rotatable bonds is 5. The maximum atomic E-state index is 11.7. The number of aliphatic carboxylic acids is 1. The van der Waals surface area contributed by atoms with E-state index in [1.54, 1.807) is 4.68 Å². The van der Waals surface area contributed by atoms with Gasteiger partial charge in [0.25, 0.3) is 0 Å². The predicted octanol–water partition coefficient (Wildman–Crippen LogP) is 0.897. The van der Waals surface area contributed by atoms with Gasteiger partial charge in [0.05, 0.1) is 22.6 Å². The van der Waals surface area contributed by atoms with Crippen LogP contribution in [-0.2, 0) is 34.0 Å². The molecule has 20 heavy (non-hydrogen) atoms. The molecule has 1 atom stereocenters. The van der Waals surface area contributed by atoms with Gasteiger partial charge in [0.1, 0.15) is 0 Å². The van der Waals surface area contributed by atoms with Crippen molar-refractivity contribution in [3.8, 4) is 0 Å². The Balaban J connectivity index is 2.35. The average molecular weight is 300 g/mol. The lowest BCUT2D eigenvalue weighted by Gasteiger charge is -2.22. The molecule has 7 heteroatoms. The number of hydrogen-bond donors (Lipinski definition) is 1. The van der Waals surface area contributed by atoms with Crippen molar-refractivity contribution in [3.05, 3.63) is 17.5 Å². The molecule has 0 radical (unpaired) electrons. The second-order valence-corrected chi connectivity index (χ2v) is 7.58. The van der Waals surface area contributed by atoms with Crippen molar-refractivity contribution >= 4 is 15.8 Å². The Kier molecular flexibility index (Phi) is 3.90. The first-order chi connectivity index (χ1) is 9.32. The molecule has 6 nitrogen and oxygen atoms in total. The summed E-state index contributed by atoms with van der Waals surface area (Å²) in [7, 11) is -3.25. The predicted molar refractivity (Wildman–Crippen MR) is 74.3 cm³/mol. The fourth-order valence-electron chi connectivity index (χ4n) is 2.75. The van der Waals surface area contributed by atoms with E-state index in [2.05, 4.69) is 5.10 Å². The van der Waals surface area contributed by atoms with Crippen LogP contribution in [0.2, 0.25) is 0 Å². The summed E-state index contributed by atoms with van der Waals surface area (Å²) in [6.07, 6.45) is 1.18. The molecule has 1 saturated heterocycles. The average Bonchev–Trinajstić information content (AvgIpc) is 2.91. The Morgan fingerprint density at radius 2 is 2.20 bits per heavy atom. The van der Waals surface area contributed by atoms with Crippen LogP contribution in [0.15, 0.2) is 6.07 Å². The summed E-state index contributed by atoms with van der Waals surface area (Å²) < 4.78 is 25.1. The first kappa shape index (κ1) is 15.0. The SMILES string of the molecule is CCc1cc(CC2(C(=O)O)CCS(=O)(=O)C2)n(CC)n1. The standard InChI is InChI=1S/C13H20N2O4S/c1-3-10-7-11(15(4-2)14-10)8-13(12(16)17)5-6-20(18,19)9-13/h7H,3-6,8-9H2,1-2H3,(H,16,17). The van der Waals surface area contributed by atoms with Crippen LogP contribution in [0.25, 0.3) is 0 Å². The third-order valence-electron chi connectivity index (χ3n) is 3.94. The first-order valence-corrected chi connectivity index (χ1v) is 8.63. The molecular weight excluding hydrogens is 280 g/mol. The van der Waals surface area contributed by atoms with Gasteiger partial charge in [-0.3, -0.25) is 9.48 Å². The fourth-order valence-corrected chi connectivity index (χ4v) is 4.81. The van der Waals surface area contributed by atoms with E-state index in [0.29, 0.717) is 6.54 Å². The van der Waals surface area contributed by atoms with Crippen molar-refractivity contribution in [2.45, 2.75) is 39.7 Å². The normalized spacial score (nSPS) is 24.9. The van der Waals surface area contributed by atoms with Crippen LogP contribution >= 0.6 is 0 Å². The van der Waals surface area contributed by atoms with E-state index in [1.165, 1.54) is 0 Å². The largest absolute Gasteiger partial charge is 0.481 e. The monoisotopic (exact) mass is 300 g/mol. The van der Waals surface area contributed by atoms with E-state index in [9.17, 15) is 18.3 Å². The summed E-state index contributed by atoms with van der Waals surface area (Å²) in [4.78, 5) is 11.6. The number of carbonyl (C=O) groups is 1. The molecule has 1 aromatic rings. The van der Waals surface area contributed by atoms with Gasteiger partial charge >= 0.3 is 5.97 Å². The molecule has 1 aliphatic heterocycles. The molecule has 0 aromatic carbocycles. The molecule has 1 fully saturated rings. The summed E-state index contributed by atoms with van der Waals surface area (Å²) >= 11 is 0. The zero-order valence-corrected chi connectivity index (χ0v) is 12.6. The van der Waals surface area contributed by atoms with Gasteiger partial charge in [-0.15, -0.1) is 0 Å². The van der Waals surface area contributed by atoms with E-state index in [1.807, 2.05) is 19.9 Å². The molecule has 2 rings (SSSR count). The molecule has 1 aliphatic rings. The Morgan fingerprint density at radius 1 is 1.50 bits per heavy atom. The quantitative estimate of drug-likeness (QED) is 0.872. The van der Waals surface area contributed by atoms with E-state index in [-0.39, 0.29) is 24.3 Å². The lowest BCUT2D eigenvalue weighted by Crippen LogP contribution is -2.35. The molecular formula is C13H20N2O4S. The molecule has 0 spiro atoms. The van der Waals surface area contributed by atoms with Crippen LogP contribution < -0.4 is 0 Å². The van der Waals surface area contributed by atoms with E-state index < -0.39 is 21.2 Å². The lowest BCUT2D eigenvalue weighted by molar-refractivity contribution is -0.147. The fraction of sp³-hybridized carbons (Fsp3) is 0.692. The number of carboxylic acid groups (broad SMARTS) is 1. The van der Waals surface area contributed by atoms with Gasteiger partial charge in [-0.25, -0.2) is 8.42 Å².